The molecule has 0 aliphatic heterocycles. The van der Waals surface area contributed by atoms with Crippen LogP contribution in [0.1, 0.15) is 325 Å². The number of aromatic nitrogens is 9. The lowest BCUT2D eigenvalue weighted by Crippen LogP contribution is -1.84. The first-order valence-corrected chi connectivity index (χ1v) is 38.4. The van der Waals surface area contributed by atoms with Crippen molar-refractivity contribution in [2.45, 2.75) is 342 Å². The van der Waals surface area contributed by atoms with Crippen molar-refractivity contribution in [3.63, 3.8) is 0 Å². The molecular weight excluding hydrogens is 1270 g/mol. The van der Waals surface area contributed by atoms with Crippen molar-refractivity contribution < 1.29 is 0 Å². The Bertz CT molecular complexity index is 2010. The van der Waals surface area contributed by atoms with Crippen LogP contribution in [0.2, 0.25) is 0 Å². The number of hydrogen-bond acceptors (Lipinski definition) is 11. The van der Waals surface area contributed by atoms with E-state index in [1.807, 2.05) is 355 Å². The van der Waals surface area contributed by atoms with Crippen molar-refractivity contribution in [3.8, 4) is 0 Å². The minimum absolute atomic E-state index is 0. The minimum Gasteiger partial charge on any atom is -0.265 e. The molecule has 11 heteroatoms. The molecule has 101 heavy (non-hydrogen) atoms. The number of pyridine rings is 3. The van der Waals surface area contributed by atoms with Crippen molar-refractivity contribution in [1.29, 1.82) is 0 Å². The number of benzene rings is 1. The molecule has 9 aromatic rings. The van der Waals surface area contributed by atoms with Crippen LogP contribution in [0.15, 0.2) is 176 Å². The molecule has 9 nitrogen and oxygen atoms in total. The van der Waals surface area contributed by atoms with Crippen molar-refractivity contribution in [1.82, 2.24) is 44.9 Å². The molecule has 0 atom stereocenters. The van der Waals surface area contributed by atoms with E-state index in [0.717, 1.165) is 28.6 Å². The Kier molecular flexibility index (Phi) is 250. The summed E-state index contributed by atoms with van der Waals surface area (Å²) in [6, 6.07) is 31.9. The second-order valence-electron chi connectivity index (χ2n) is 14.0. The number of thiophene rings is 2. The molecule has 0 bridgehead atoms. The van der Waals surface area contributed by atoms with E-state index in [1.54, 1.807) is 72.1 Å². The fourth-order valence-corrected chi connectivity index (χ4v) is 5.40. The van der Waals surface area contributed by atoms with Gasteiger partial charge in [-0.25, -0.2) is 29.9 Å². The molecule has 0 aliphatic rings. The number of aryl methyl sites for hydroxylation is 12. The topological polar surface area (TPSA) is 116 Å². The Morgan fingerprint density at radius 3 is 0.693 bits per heavy atom. The second kappa shape index (κ2) is 166. The Balaban J connectivity index is -0.0000000355. The third-order valence-corrected chi connectivity index (χ3v) is 9.88. The molecule has 0 aliphatic carbocycles. The van der Waals surface area contributed by atoms with Crippen LogP contribution in [-0.4, -0.2) is 44.9 Å². The van der Waals surface area contributed by atoms with Crippen molar-refractivity contribution >= 4 is 22.7 Å². The minimum atomic E-state index is 0. The molecular formula is C90H181N9S2. The lowest BCUT2D eigenvalue weighted by atomic mass is 10.2. The summed E-state index contributed by atoms with van der Waals surface area (Å²) in [4.78, 5) is 37.8. The van der Waals surface area contributed by atoms with Crippen LogP contribution in [0.25, 0.3) is 0 Å². The maximum absolute atomic E-state index is 3.98. The van der Waals surface area contributed by atoms with Crippen LogP contribution < -0.4 is 0 Å². The third kappa shape index (κ3) is 153. The van der Waals surface area contributed by atoms with E-state index in [0.29, 0.717) is 0 Å². The fourth-order valence-electron chi connectivity index (χ4n) is 3.94. The van der Waals surface area contributed by atoms with Crippen LogP contribution in [-0.2, 0) is 0 Å². The van der Waals surface area contributed by atoms with Crippen LogP contribution in [0, 0.1) is 83.1 Å². The first-order chi connectivity index (χ1) is 46.8. The van der Waals surface area contributed by atoms with Gasteiger partial charge in [0.25, 0.3) is 0 Å². The van der Waals surface area contributed by atoms with Crippen LogP contribution in [0.4, 0.5) is 0 Å². The van der Waals surface area contributed by atoms with Gasteiger partial charge >= 0.3 is 0 Å². The molecule has 1 aromatic carbocycles. The van der Waals surface area contributed by atoms with Crippen LogP contribution >= 0.6 is 22.7 Å². The normalized spacial score (nSPS) is 6.61. The predicted octanol–water partition coefficient (Wildman–Crippen LogP) is 33.2. The number of nitrogens with zero attached hydrogens (tertiary/aromatic N) is 9. The quantitative estimate of drug-likeness (QED) is 0.146. The first kappa shape index (κ1) is 153. The average Bonchev–Trinajstić information content (AvgIpc) is 1.98. The zero-order chi connectivity index (χ0) is 79.2. The highest BCUT2D eigenvalue weighted by atomic mass is 32.1. The van der Waals surface area contributed by atoms with Crippen molar-refractivity contribution in [2.75, 3.05) is 0 Å². The molecule has 0 fully saturated rings. The van der Waals surface area contributed by atoms with E-state index in [-0.39, 0.29) is 37.1 Å². The van der Waals surface area contributed by atoms with E-state index in [2.05, 4.69) is 115 Å². The van der Waals surface area contributed by atoms with Gasteiger partial charge < -0.3 is 0 Å². The summed E-state index contributed by atoms with van der Waals surface area (Å²) in [6.45, 7) is 88.3. The molecule has 0 unspecified atom stereocenters. The summed E-state index contributed by atoms with van der Waals surface area (Å²) < 4.78 is 0. The Morgan fingerprint density at radius 2 is 0.535 bits per heavy atom. The van der Waals surface area contributed by atoms with E-state index in [1.165, 1.54) is 43.9 Å². The molecule has 0 saturated heterocycles. The van der Waals surface area contributed by atoms with Gasteiger partial charge in [-0.15, -0.1) is 22.7 Å². The van der Waals surface area contributed by atoms with Gasteiger partial charge in [0.15, 0.2) is 0 Å². The summed E-state index contributed by atoms with van der Waals surface area (Å²) >= 11 is 3.61. The Morgan fingerprint density at radius 1 is 0.218 bits per heavy atom. The van der Waals surface area contributed by atoms with Gasteiger partial charge in [-0.05, 0) is 176 Å². The lowest BCUT2D eigenvalue weighted by molar-refractivity contribution is 1.03. The highest BCUT2D eigenvalue weighted by Crippen LogP contribution is 2.13. The smallest absolute Gasteiger partial charge is 0.125 e. The highest BCUT2D eigenvalue weighted by Gasteiger charge is 1.88. The summed E-state index contributed by atoms with van der Waals surface area (Å²) in [6.07, 6.45) is 19.3. The third-order valence-electron chi connectivity index (χ3n) is 7.98. The first-order valence-electron chi connectivity index (χ1n) is 36.6. The standard InChI is InChI=1S/C7H8.C6H8N2.3C6H7N.2C6H8S.2C5H6N2.16C2H6.5CH4/c1-7-5-3-2-4-6-7;1-5-3-7-6(2)8-4-5;1-6-2-4-7-5-3-6;1-6-3-2-4-7-5-6;1-6-4-2-3-5-7-6;2*1-5-3-4-7-6(5)2;1-5-2-3-6-4-7-5;1-5-6-3-2-4-7-5;16*1-2;;;;;/h2-6H,1H3;3-4H,1-2H3;3*2-5H,1H3;2*3-4H,1-2H3;2*2-4H,1H3;16*1-2H3;5*1H4. The molecule has 0 saturated carbocycles. The molecule has 0 N–H and O–H groups in total. The number of rotatable bonds is 0. The van der Waals surface area contributed by atoms with Gasteiger partial charge in [0.2, 0.25) is 0 Å². The number of hydrogen-bond donors (Lipinski definition) is 0. The molecule has 8 aromatic heterocycles. The van der Waals surface area contributed by atoms with Gasteiger partial charge in [0.05, 0.1) is 0 Å². The Labute approximate surface area is 647 Å². The van der Waals surface area contributed by atoms with E-state index in [4.69, 9.17) is 0 Å². The lowest BCUT2D eigenvalue weighted by Gasteiger charge is -1.88. The zero-order valence-electron chi connectivity index (χ0n) is 71.6. The maximum atomic E-state index is 3.98. The molecule has 0 spiro atoms. The van der Waals surface area contributed by atoms with Crippen molar-refractivity contribution in [3.05, 3.63) is 242 Å². The summed E-state index contributed by atoms with van der Waals surface area (Å²) in [5.41, 5.74) is 9.79. The van der Waals surface area contributed by atoms with Gasteiger partial charge in [-0.2, -0.15) is 0 Å². The molecule has 598 valence electrons. The largest absolute Gasteiger partial charge is 0.265 e. The van der Waals surface area contributed by atoms with Gasteiger partial charge in [0.1, 0.15) is 18.0 Å². The van der Waals surface area contributed by atoms with Gasteiger partial charge in [-0.1, -0.05) is 307 Å². The Hall–Kier alpha value is -6.69. The maximum Gasteiger partial charge on any atom is 0.125 e. The van der Waals surface area contributed by atoms with Gasteiger partial charge in [0, 0.05) is 83.1 Å². The molecule has 0 amide bonds. The monoisotopic (exact) mass is 1450 g/mol. The SMILES string of the molecule is C.C.C.C.C.CC.CC.CC.CC.CC.CC.CC.CC.CC.CC.CC.CC.CC.CC.CC.CC.Cc1ccccc1.Cc1ccccn1.Cc1cccnc1.Cc1ccncc1.Cc1ccncn1.Cc1ccsc1C.Cc1ccsc1C.Cc1cnc(C)nc1.Cc1ncccn1. The summed E-state index contributed by atoms with van der Waals surface area (Å²) in [5, 5.41) is 4.23. The molecule has 0 radical (unpaired) electrons. The van der Waals surface area contributed by atoms with Crippen LogP contribution in [0.5, 0.6) is 0 Å². The van der Waals surface area contributed by atoms with Gasteiger partial charge in [-0.3, -0.25) is 15.0 Å². The molecule has 8 heterocycles. The zero-order valence-corrected chi connectivity index (χ0v) is 73.2. The van der Waals surface area contributed by atoms with Crippen LogP contribution in [0.3, 0.4) is 0 Å². The fraction of sp³-hybridized carbons (Fsp3) is 0.544. The summed E-state index contributed by atoms with van der Waals surface area (Å²) in [7, 11) is 0. The van der Waals surface area contributed by atoms with Crippen molar-refractivity contribution in [2.24, 2.45) is 0 Å². The van der Waals surface area contributed by atoms with E-state index < -0.39 is 0 Å². The second-order valence-corrected chi connectivity index (χ2v) is 16.2. The average molecular weight is 1450 g/mol. The summed E-state index contributed by atoms with van der Waals surface area (Å²) in [5.74, 6) is 1.65. The van der Waals surface area contributed by atoms with E-state index >= 15 is 0 Å². The highest BCUT2D eigenvalue weighted by molar-refractivity contribution is 7.10. The molecule has 9 rings (SSSR count). The van der Waals surface area contributed by atoms with E-state index in [9.17, 15) is 0 Å². The predicted molar refractivity (Wildman–Crippen MR) is 486 cm³/mol.